The molecule has 0 aromatic heterocycles. The second kappa shape index (κ2) is 4.76. The zero-order valence-corrected chi connectivity index (χ0v) is 12.8. The van der Waals surface area contributed by atoms with Crippen LogP contribution in [0.2, 0.25) is 0 Å². The molecule has 1 saturated carbocycles. The van der Waals surface area contributed by atoms with Crippen molar-refractivity contribution >= 4 is 0 Å². The van der Waals surface area contributed by atoms with Crippen LogP contribution < -0.4 is 0 Å². The SMILES string of the molecule is CCCCc1cccc2c1CCC1(CC3=CCC1C3)C2. The van der Waals surface area contributed by atoms with Gasteiger partial charge in [-0.1, -0.05) is 43.2 Å². The van der Waals surface area contributed by atoms with Crippen molar-refractivity contribution in [2.24, 2.45) is 11.3 Å². The molecule has 2 unspecified atom stereocenters. The van der Waals surface area contributed by atoms with Gasteiger partial charge in [0.15, 0.2) is 0 Å². The molecule has 2 bridgehead atoms. The second-order valence-electron chi connectivity index (χ2n) is 7.37. The Balaban J connectivity index is 1.62. The fraction of sp³-hybridized carbons (Fsp3) is 0.600. The molecule has 0 amide bonds. The molecule has 106 valence electrons. The lowest BCUT2D eigenvalue weighted by Crippen LogP contribution is -2.33. The van der Waals surface area contributed by atoms with E-state index in [1.54, 1.807) is 22.3 Å². The third-order valence-corrected chi connectivity index (χ3v) is 6.23. The normalized spacial score (nSPS) is 30.6. The highest BCUT2D eigenvalue weighted by Gasteiger charge is 2.48. The van der Waals surface area contributed by atoms with Crippen LogP contribution in [0.25, 0.3) is 0 Å². The summed E-state index contributed by atoms with van der Waals surface area (Å²) in [5.41, 5.74) is 7.50. The summed E-state index contributed by atoms with van der Waals surface area (Å²) < 4.78 is 0. The first-order chi connectivity index (χ1) is 9.81. The largest absolute Gasteiger partial charge is 0.0850 e. The van der Waals surface area contributed by atoms with Crippen molar-refractivity contribution in [2.75, 3.05) is 0 Å². The van der Waals surface area contributed by atoms with Crippen molar-refractivity contribution in [1.82, 2.24) is 0 Å². The third-order valence-electron chi connectivity index (χ3n) is 6.23. The quantitative estimate of drug-likeness (QED) is 0.656. The van der Waals surface area contributed by atoms with Crippen molar-refractivity contribution in [3.63, 3.8) is 0 Å². The van der Waals surface area contributed by atoms with E-state index in [0.717, 1.165) is 5.92 Å². The Kier molecular flexibility index (Phi) is 3.02. The van der Waals surface area contributed by atoms with E-state index in [4.69, 9.17) is 0 Å². The summed E-state index contributed by atoms with van der Waals surface area (Å²) in [6.45, 7) is 2.30. The number of aryl methyl sites for hydroxylation is 1. The van der Waals surface area contributed by atoms with Crippen LogP contribution >= 0.6 is 0 Å². The molecule has 1 spiro atoms. The first kappa shape index (κ1) is 12.7. The standard InChI is InChI=1S/C20H26/c1-2-3-5-16-6-4-7-17-14-20(11-10-19(16)17)13-15-8-9-18(20)12-15/h4,6-8,18H,2-3,5,9-14H2,1H3. The molecule has 1 fully saturated rings. The number of benzene rings is 1. The molecule has 3 aliphatic carbocycles. The lowest BCUT2D eigenvalue weighted by molar-refractivity contribution is 0.168. The predicted octanol–water partition coefficient (Wildman–Crippen LogP) is 5.24. The molecule has 4 rings (SSSR count). The van der Waals surface area contributed by atoms with Crippen molar-refractivity contribution in [3.05, 3.63) is 46.5 Å². The fourth-order valence-corrected chi connectivity index (χ4v) is 5.12. The van der Waals surface area contributed by atoms with E-state index < -0.39 is 0 Å². The van der Waals surface area contributed by atoms with E-state index in [9.17, 15) is 0 Å². The molecular formula is C20H26. The van der Waals surface area contributed by atoms with Crippen LogP contribution in [0, 0.1) is 11.3 Å². The Bertz CT molecular complexity index is 551. The number of fused-ring (bicyclic) bond motifs is 4. The first-order valence-corrected chi connectivity index (χ1v) is 8.58. The van der Waals surface area contributed by atoms with Gasteiger partial charge in [0.25, 0.3) is 0 Å². The van der Waals surface area contributed by atoms with Gasteiger partial charge in [0.1, 0.15) is 0 Å². The Labute approximate surface area is 123 Å². The van der Waals surface area contributed by atoms with Crippen molar-refractivity contribution in [1.29, 1.82) is 0 Å². The van der Waals surface area contributed by atoms with Gasteiger partial charge in [-0.05, 0) is 79.4 Å². The number of unbranched alkanes of at least 4 members (excludes halogenated alkanes) is 1. The van der Waals surface area contributed by atoms with Crippen LogP contribution in [-0.2, 0) is 19.3 Å². The molecule has 0 heteroatoms. The van der Waals surface area contributed by atoms with Gasteiger partial charge in [0.2, 0.25) is 0 Å². The van der Waals surface area contributed by atoms with Crippen molar-refractivity contribution in [3.8, 4) is 0 Å². The highest BCUT2D eigenvalue weighted by Crippen LogP contribution is 2.58. The maximum atomic E-state index is 2.53. The molecule has 1 aromatic carbocycles. The van der Waals surface area contributed by atoms with Crippen LogP contribution in [0.15, 0.2) is 29.8 Å². The smallest absolute Gasteiger partial charge is 0.0182 e. The number of hydrogen-bond donors (Lipinski definition) is 0. The van der Waals surface area contributed by atoms with E-state index in [2.05, 4.69) is 31.2 Å². The Morgan fingerprint density at radius 1 is 1.25 bits per heavy atom. The molecule has 0 radical (unpaired) electrons. The van der Waals surface area contributed by atoms with E-state index in [1.807, 2.05) is 0 Å². The third kappa shape index (κ3) is 1.88. The average Bonchev–Trinajstić information content (AvgIpc) is 3.05. The highest BCUT2D eigenvalue weighted by molar-refractivity contribution is 5.40. The summed E-state index contributed by atoms with van der Waals surface area (Å²) >= 11 is 0. The summed E-state index contributed by atoms with van der Waals surface area (Å²) in [5, 5.41) is 0. The lowest BCUT2D eigenvalue weighted by atomic mass is 9.63. The molecule has 0 aliphatic heterocycles. The van der Waals surface area contributed by atoms with Crippen molar-refractivity contribution in [2.45, 2.75) is 64.7 Å². The topological polar surface area (TPSA) is 0 Å². The van der Waals surface area contributed by atoms with Gasteiger partial charge in [-0.3, -0.25) is 0 Å². The zero-order valence-electron chi connectivity index (χ0n) is 12.8. The van der Waals surface area contributed by atoms with E-state index in [1.165, 1.54) is 57.8 Å². The Morgan fingerprint density at radius 3 is 2.95 bits per heavy atom. The molecule has 3 aliphatic rings. The molecule has 20 heavy (non-hydrogen) atoms. The van der Waals surface area contributed by atoms with Gasteiger partial charge in [0, 0.05) is 0 Å². The van der Waals surface area contributed by atoms with Gasteiger partial charge in [-0.2, -0.15) is 0 Å². The van der Waals surface area contributed by atoms with E-state index in [-0.39, 0.29) is 0 Å². The molecular weight excluding hydrogens is 240 g/mol. The van der Waals surface area contributed by atoms with Crippen LogP contribution in [0.1, 0.15) is 62.1 Å². The fourth-order valence-electron chi connectivity index (χ4n) is 5.12. The Hall–Kier alpha value is -1.04. The Morgan fingerprint density at radius 2 is 2.20 bits per heavy atom. The molecule has 0 nitrogen and oxygen atoms in total. The van der Waals surface area contributed by atoms with Gasteiger partial charge >= 0.3 is 0 Å². The van der Waals surface area contributed by atoms with Crippen LogP contribution in [0.4, 0.5) is 0 Å². The minimum Gasteiger partial charge on any atom is -0.0850 e. The van der Waals surface area contributed by atoms with Gasteiger partial charge < -0.3 is 0 Å². The number of rotatable bonds is 3. The summed E-state index contributed by atoms with van der Waals surface area (Å²) in [7, 11) is 0. The minimum atomic E-state index is 0.653. The number of hydrogen-bond acceptors (Lipinski definition) is 0. The van der Waals surface area contributed by atoms with E-state index >= 15 is 0 Å². The predicted molar refractivity (Wildman–Crippen MR) is 84.9 cm³/mol. The van der Waals surface area contributed by atoms with Crippen LogP contribution in [0.3, 0.4) is 0 Å². The van der Waals surface area contributed by atoms with Gasteiger partial charge in [0.05, 0.1) is 0 Å². The van der Waals surface area contributed by atoms with E-state index in [0.29, 0.717) is 5.41 Å². The highest BCUT2D eigenvalue weighted by atomic mass is 14.5. The molecule has 0 heterocycles. The lowest BCUT2D eigenvalue weighted by Gasteiger charge is -2.41. The maximum absolute atomic E-state index is 2.53. The van der Waals surface area contributed by atoms with Crippen molar-refractivity contribution < 1.29 is 0 Å². The molecule has 0 N–H and O–H groups in total. The molecule has 2 atom stereocenters. The zero-order chi connectivity index (χ0) is 13.6. The summed E-state index contributed by atoms with van der Waals surface area (Å²) in [6.07, 6.45) is 14.8. The summed E-state index contributed by atoms with van der Waals surface area (Å²) in [6, 6.07) is 7.12. The molecule has 0 saturated heterocycles. The van der Waals surface area contributed by atoms with Crippen LogP contribution in [0.5, 0.6) is 0 Å². The van der Waals surface area contributed by atoms with Gasteiger partial charge in [-0.25, -0.2) is 0 Å². The number of allylic oxidation sites excluding steroid dienone is 2. The minimum absolute atomic E-state index is 0.653. The monoisotopic (exact) mass is 266 g/mol. The average molecular weight is 266 g/mol. The summed E-state index contributed by atoms with van der Waals surface area (Å²) in [4.78, 5) is 0. The maximum Gasteiger partial charge on any atom is -0.0182 e. The molecule has 1 aromatic rings. The van der Waals surface area contributed by atoms with Crippen LogP contribution in [-0.4, -0.2) is 0 Å². The second-order valence-corrected chi connectivity index (χ2v) is 7.37. The van der Waals surface area contributed by atoms with Gasteiger partial charge in [-0.15, -0.1) is 0 Å². The summed E-state index contributed by atoms with van der Waals surface area (Å²) in [5.74, 6) is 0.977. The first-order valence-electron chi connectivity index (χ1n) is 8.58.